The summed E-state index contributed by atoms with van der Waals surface area (Å²) in [4.78, 5) is 23.9. The minimum Gasteiger partial charge on any atom is -0.481 e. The van der Waals surface area contributed by atoms with Gasteiger partial charge in [-0.05, 0) is 25.8 Å². The first-order chi connectivity index (χ1) is 8.41. The van der Waals surface area contributed by atoms with Crippen LogP contribution < -0.4 is 0 Å². The van der Waals surface area contributed by atoms with Crippen molar-refractivity contribution in [1.82, 2.24) is 4.90 Å². The molecule has 1 aromatic carbocycles. The van der Waals surface area contributed by atoms with Gasteiger partial charge in [-0.3, -0.25) is 9.59 Å². The lowest BCUT2D eigenvalue weighted by Gasteiger charge is -2.19. The van der Waals surface area contributed by atoms with Crippen LogP contribution in [0.4, 0.5) is 0 Å². The predicted octanol–water partition coefficient (Wildman–Crippen LogP) is 1.72. The fraction of sp³-hybridized carbons (Fsp3) is 0.429. The molecule has 0 aliphatic carbocycles. The molecule has 0 spiro atoms. The summed E-state index contributed by atoms with van der Waals surface area (Å²) in [6.45, 7) is 3.96. The maximum absolute atomic E-state index is 11.7. The lowest BCUT2D eigenvalue weighted by atomic mass is 10.1. The lowest BCUT2D eigenvalue weighted by Crippen LogP contribution is -2.36. The molecule has 1 amide bonds. The van der Waals surface area contributed by atoms with Crippen LogP contribution in [-0.2, 0) is 16.0 Å². The van der Waals surface area contributed by atoms with Crippen molar-refractivity contribution in [3.63, 3.8) is 0 Å². The van der Waals surface area contributed by atoms with Crippen molar-refractivity contribution < 1.29 is 14.7 Å². The van der Waals surface area contributed by atoms with E-state index in [1.54, 1.807) is 7.05 Å². The number of carboxylic acids is 1. The molecular weight excluding hydrogens is 230 g/mol. The fourth-order valence-corrected chi connectivity index (χ4v) is 1.60. The Balaban J connectivity index is 2.50. The molecule has 0 saturated carbocycles. The summed E-state index contributed by atoms with van der Waals surface area (Å²) in [6.07, 6.45) is 0.731. The van der Waals surface area contributed by atoms with Gasteiger partial charge in [-0.2, -0.15) is 0 Å². The highest BCUT2D eigenvalue weighted by Crippen LogP contribution is 2.06. The van der Waals surface area contributed by atoms with Gasteiger partial charge in [-0.15, -0.1) is 0 Å². The van der Waals surface area contributed by atoms with E-state index in [1.165, 1.54) is 17.4 Å². The van der Waals surface area contributed by atoms with Gasteiger partial charge in [0.05, 0.1) is 0 Å². The second-order valence-corrected chi connectivity index (χ2v) is 4.56. The van der Waals surface area contributed by atoms with Crippen LogP contribution in [0.25, 0.3) is 0 Å². The van der Waals surface area contributed by atoms with Gasteiger partial charge in [-0.25, -0.2) is 0 Å². The van der Waals surface area contributed by atoms with Crippen LogP contribution in [0, 0.1) is 12.8 Å². The van der Waals surface area contributed by atoms with E-state index in [9.17, 15) is 9.59 Å². The number of nitrogens with zero attached hydrogens (tertiary/aromatic N) is 1. The maximum atomic E-state index is 11.7. The number of aliphatic carboxylic acids is 1. The summed E-state index contributed by atoms with van der Waals surface area (Å²) in [5, 5.41) is 8.77. The first-order valence-electron chi connectivity index (χ1n) is 5.95. The predicted molar refractivity (Wildman–Crippen MR) is 69.3 cm³/mol. The minimum atomic E-state index is -1.08. The summed E-state index contributed by atoms with van der Waals surface area (Å²) in [6, 6.07) is 8.09. The molecule has 4 nitrogen and oxygen atoms in total. The smallest absolute Gasteiger partial charge is 0.315 e. The Morgan fingerprint density at radius 2 is 1.83 bits per heavy atom. The largest absolute Gasteiger partial charge is 0.481 e. The number of amides is 1. The molecule has 1 aromatic rings. The van der Waals surface area contributed by atoms with Gasteiger partial charge in [0.2, 0.25) is 5.91 Å². The van der Waals surface area contributed by atoms with Crippen LogP contribution in [0.15, 0.2) is 24.3 Å². The van der Waals surface area contributed by atoms with Gasteiger partial charge < -0.3 is 10.0 Å². The molecule has 98 valence electrons. The van der Waals surface area contributed by atoms with Crippen LogP contribution in [0.1, 0.15) is 18.1 Å². The molecule has 1 unspecified atom stereocenters. The molecule has 1 atom stereocenters. The van der Waals surface area contributed by atoms with Crippen molar-refractivity contribution in [2.24, 2.45) is 5.92 Å². The zero-order valence-corrected chi connectivity index (χ0v) is 11.0. The summed E-state index contributed by atoms with van der Waals surface area (Å²) in [7, 11) is 1.63. The van der Waals surface area contributed by atoms with Crippen molar-refractivity contribution in [3.8, 4) is 0 Å². The summed E-state index contributed by atoms with van der Waals surface area (Å²) >= 11 is 0. The monoisotopic (exact) mass is 249 g/mol. The molecule has 1 N–H and O–H groups in total. The SMILES string of the molecule is Cc1ccc(CCN(C)C(=O)C(C)C(=O)O)cc1. The first-order valence-corrected chi connectivity index (χ1v) is 5.95. The zero-order valence-electron chi connectivity index (χ0n) is 11.0. The van der Waals surface area contributed by atoms with Crippen molar-refractivity contribution in [2.45, 2.75) is 20.3 Å². The van der Waals surface area contributed by atoms with E-state index in [1.807, 2.05) is 31.2 Å². The van der Waals surface area contributed by atoms with Gasteiger partial charge in [-0.1, -0.05) is 29.8 Å². The summed E-state index contributed by atoms with van der Waals surface area (Å²) in [5.41, 5.74) is 2.34. The Kier molecular flexibility index (Phi) is 4.89. The third-order valence-electron chi connectivity index (χ3n) is 2.97. The van der Waals surface area contributed by atoms with Crippen LogP contribution in [0.3, 0.4) is 0 Å². The van der Waals surface area contributed by atoms with Crippen molar-refractivity contribution in [1.29, 1.82) is 0 Å². The van der Waals surface area contributed by atoms with E-state index >= 15 is 0 Å². The number of carbonyl (C=O) groups excluding carboxylic acids is 1. The molecule has 0 aromatic heterocycles. The second-order valence-electron chi connectivity index (χ2n) is 4.56. The maximum Gasteiger partial charge on any atom is 0.315 e. The Morgan fingerprint density at radius 1 is 1.28 bits per heavy atom. The summed E-state index contributed by atoms with van der Waals surface area (Å²) < 4.78 is 0. The number of benzene rings is 1. The molecule has 0 heterocycles. The van der Waals surface area contributed by atoms with Gasteiger partial charge in [0, 0.05) is 13.6 Å². The molecular formula is C14H19NO3. The third kappa shape index (κ3) is 3.87. The van der Waals surface area contributed by atoms with Crippen molar-refractivity contribution in [3.05, 3.63) is 35.4 Å². The van der Waals surface area contributed by atoms with E-state index in [-0.39, 0.29) is 5.91 Å². The Bertz CT molecular complexity index is 425. The highest BCUT2D eigenvalue weighted by Gasteiger charge is 2.23. The number of carboxylic acid groups (broad SMARTS) is 1. The Labute approximate surface area is 107 Å². The molecule has 0 bridgehead atoms. The Morgan fingerprint density at radius 3 is 2.33 bits per heavy atom. The molecule has 1 rings (SSSR count). The molecule has 0 saturated heterocycles. The number of likely N-dealkylation sites (N-methyl/N-ethyl adjacent to an activating group) is 1. The van der Waals surface area contributed by atoms with E-state index in [2.05, 4.69) is 0 Å². The van der Waals surface area contributed by atoms with Crippen LogP contribution in [0.2, 0.25) is 0 Å². The third-order valence-corrected chi connectivity index (χ3v) is 2.97. The van der Waals surface area contributed by atoms with Gasteiger partial charge in [0.25, 0.3) is 0 Å². The van der Waals surface area contributed by atoms with Gasteiger partial charge >= 0.3 is 5.97 Å². The molecule has 0 aliphatic rings. The first kappa shape index (κ1) is 14.2. The van der Waals surface area contributed by atoms with E-state index in [0.717, 1.165) is 12.0 Å². The topological polar surface area (TPSA) is 57.6 Å². The quantitative estimate of drug-likeness (QED) is 0.808. The van der Waals surface area contributed by atoms with Gasteiger partial charge in [0.15, 0.2) is 0 Å². The van der Waals surface area contributed by atoms with Crippen molar-refractivity contribution in [2.75, 3.05) is 13.6 Å². The highest BCUT2D eigenvalue weighted by molar-refractivity contribution is 5.96. The number of aryl methyl sites for hydroxylation is 1. The van der Waals surface area contributed by atoms with Gasteiger partial charge in [0.1, 0.15) is 5.92 Å². The normalized spacial score (nSPS) is 11.9. The van der Waals surface area contributed by atoms with Crippen LogP contribution in [-0.4, -0.2) is 35.5 Å². The molecule has 0 fully saturated rings. The highest BCUT2D eigenvalue weighted by atomic mass is 16.4. The standard InChI is InChI=1S/C14H19NO3/c1-10-4-6-12(7-5-10)8-9-15(3)13(16)11(2)14(17)18/h4-7,11H,8-9H2,1-3H3,(H,17,18). The molecule has 0 radical (unpaired) electrons. The average molecular weight is 249 g/mol. The average Bonchev–Trinajstić information content (AvgIpc) is 2.35. The van der Waals surface area contributed by atoms with E-state index in [4.69, 9.17) is 5.11 Å². The fourth-order valence-electron chi connectivity index (χ4n) is 1.60. The van der Waals surface area contributed by atoms with Crippen molar-refractivity contribution >= 4 is 11.9 Å². The summed E-state index contributed by atoms with van der Waals surface area (Å²) in [5.74, 6) is -2.41. The van der Waals surface area contributed by atoms with Crippen LogP contribution in [0.5, 0.6) is 0 Å². The number of rotatable bonds is 5. The van der Waals surface area contributed by atoms with E-state index < -0.39 is 11.9 Å². The molecule has 4 heteroatoms. The lowest BCUT2D eigenvalue weighted by molar-refractivity contribution is -0.149. The van der Waals surface area contributed by atoms with E-state index in [0.29, 0.717) is 6.54 Å². The number of hydrogen-bond donors (Lipinski definition) is 1. The van der Waals surface area contributed by atoms with Crippen LogP contribution >= 0.6 is 0 Å². The minimum absolute atomic E-state index is 0.352. The number of carbonyl (C=O) groups is 2. The number of hydrogen-bond acceptors (Lipinski definition) is 2. The molecule has 18 heavy (non-hydrogen) atoms. The molecule has 0 aliphatic heterocycles. The zero-order chi connectivity index (χ0) is 13.7. The second kappa shape index (κ2) is 6.19. The Hall–Kier alpha value is -1.84.